The smallest absolute Gasteiger partial charge is 0.124 e. The summed E-state index contributed by atoms with van der Waals surface area (Å²) >= 11 is 0. The summed E-state index contributed by atoms with van der Waals surface area (Å²) in [4.78, 5) is 0. The first-order chi connectivity index (χ1) is 9.13. The van der Waals surface area contributed by atoms with E-state index in [9.17, 15) is 5.11 Å². The summed E-state index contributed by atoms with van der Waals surface area (Å²) in [6.07, 6.45) is 7.96. The highest BCUT2D eigenvalue weighted by Gasteiger charge is 2.08. The van der Waals surface area contributed by atoms with Gasteiger partial charge < -0.3 is 9.67 Å². The molecule has 1 heterocycles. The van der Waals surface area contributed by atoms with Crippen LogP contribution < -0.4 is 0 Å². The Bertz CT molecular complexity index is 659. The highest BCUT2D eigenvalue weighted by Crippen LogP contribution is 2.28. The molecular weight excluding hydrogens is 234 g/mol. The van der Waals surface area contributed by atoms with Crippen molar-refractivity contribution >= 4 is 10.9 Å². The Kier molecular flexibility index (Phi) is 3.91. The Hall–Kier alpha value is -2.22. The van der Waals surface area contributed by atoms with Gasteiger partial charge in [-0.25, -0.2) is 0 Å². The minimum atomic E-state index is 0.328. The lowest BCUT2D eigenvalue weighted by Gasteiger charge is -2.08. The lowest BCUT2D eigenvalue weighted by molar-refractivity contribution is 0.481. The summed E-state index contributed by atoms with van der Waals surface area (Å²) in [5.74, 6) is 0.328. The predicted octanol–water partition coefficient (Wildman–Crippen LogP) is 4.34. The second-order valence-electron chi connectivity index (χ2n) is 4.62. The van der Waals surface area contributed by atoms with Gasteiger partial charge in [0.05, 0.1) is 5.52 Å². The van der Waals surface area contributed by atoms with Crippen LogP contribution in [-0.4, -0.2) is 9.67 Å². The van der Waals surface area contributed by atoms with Gasteiger partial charge >= 0.3 is 0 Å². The van der Waals surface area contributed by atoms with Gasteiger partial charge in [0.25, 0.3) is 0 Å². The third-order valence-corrected chi connectivity index (χ3v) is 3.13. The molecule has 0 bridgehead atoms. The number of phenolic OH excluding ortho intramolecular Hbond substituents is 1. The van der Waals surface area contributed by atoms with Gasteiger partial charge in [0, 0.05) is 17.6 Å². The number of allylic oxidation sites excluding steroid dienone is 5. The van der Waals surface area contributed by atoms with Crippen LogP contribution in [-0.2, 0) is 6.54 Å². The van der Waals surface area contributed by atoms with E-state index in [1.807, 2.05) is 56.4 Å². The summed E-state index contributed by atoms with van der Waals surface area (Å²) < 4.78 is 2.16. The topological polar surface area (TPSA) is 25.2 Å². The van der Waals surface area contributed by atoms with Crippen molar-refractivity contribution in [3.05, 3.63) is 66.4 Å². The molecule has 0 amide bonds. The number of benzene rings is 1. The molecule has 1 aromatic carbocycles. The summed E-state index contributed by atoms with van der Waals surface area (Å²) in [5.41, 5.74) is 3.19. The zero-order valence-electron chi connectivity index (χ0n) is 11.4. The Morgan fingerprint density at radius 3 is 2.89 bits per heavy atom. The van der Waals surface area contributed by atoms with Crippen LogP contribution in [0.15, 0.2) is 60.7 Å². The van der Waals surface area contributed by atoms with Crippen molar-refractivity contribution in [2.24, 2.45) is 0 Å². The molecule has 0 spiro atoms. The lowest BCUT2D eigenvalue weighted by Crippen LogP contribution is -2.00. The van der Waals surface area contributed by atoms with Crippen LogP contribution in [0.3, 0.4) is 0 Å². The van der Waals surface area contributed by atoms with Crippen molar-refractivity contribution in [2.75, 3.05) is 0 Å². The van der Waals surface area contributed by atoms with E-state index in [0.29, 0.717) is 5.75 Å². The number of fused-ring (bicyclic) bond motifs is 1. The standard InChI is InChI=1S/C17H19NO/c1-4-5-6-8-13(2)12-18-14(3)11-15-16(18)9-7-10-17(15)19/h4-11,19H,2,12H2,1,3H3/b5-4-,8-6-. The van der Waals surface area contributed by atoms with Gasteiger partial charge in [0.2, 0.25) is 0 Å². The van der Waals surface area contributed by atoms with Gasteiger partial charge in [-0.2, -0.15) is 0 Å². The number of aromatic nitrogens is 1. The van der Waals surface area contributed by atoms with Crippen molar-refractivity contribution in [1.82, 2.24) is 4.57 Å². The van der Waals surface area contributed by atoms with Crippen LogP contribution in [0.5, 0.6) is 5.75 Å². The first-order valence-electron chi connectivity index (χ1n) is 6.38. The van der Waals surface area contributed by atoms with Gasteiger partial charge in [0.1, 0.15) is 5.75 Å². The van der Waals surface area contributed by atoms with Crippen molar-refractivity contribution < 1.29 is 5.11 Å². The zero-order valence-corrected chi connectivity index (χ0v) is 11.4. The highest BCUT2D eigenvalue weighted by atomic mass is 16.3. The van der Waals surface area contributed by atoms with E-state index in [2.05, 4.69) is 11.1 Å². The first kappa shape index (κ1) is 13.2. The molecule has 0 unspecified atom stereocenters. The van der Waals surface area contributed by atoms with Crippen LogP contribution in [0.25, 0.3) is 10.9 Å². The fourth-order valence-corrected chi connectivity index (χ4v) is 2.17. The maximum Gasteiger partial charge on any atom is 0.124 e. The minimum absolute atomic E-state index is 0.328. The molecule has 0 radical (unpaired) electrons. The molecule has 0 fully saturated rings. The minimum Gasteiger partial charge on any atom is -0.507 e. The van der Waals surface area contributed by atoms with Crippen LogP contribution >= 0.6 is 0 Å². The molecule has 2 aromatic rings. The molecule has 2 rings (SSSR count). The molecule has 0 saturated carbocycles. The first-order valence-corrected chi connectivity index (χ1v) is 6.38. The maximum atomic E-state index is 9.86. The Morgan fingerprint density at radius 2 is 2.16 bits per heavy atom. The third-order valence-electron chi connectivity index (χ3n) is 3.13. The van der Waals surface area contributed by atoms with Crippen molar-refractivity contribution in [2.45, 2.75) is 20.4 Å². The summed E-state index contributed by atoms with van der Waals surface area (Å²) in [6, 6.07) is 7.61. The van der Waals surface area contributed by atoms with Gasteiger partial charge in [0.15, 0.2) is 0 Å². The Labute approximate surface area is 114 Å². The van der Waals surface area contributed by atoms with Crippen molar-refractivity contribution in [3.8, 4) is 5.75 Å². The van der Waals surface area contributed by atoms with Crippen molar-refractivity contribution in [1.29, 1.82) is 0 Å². The lowest BCUT2D eigenvalue weighted by atomic mass is 10.2. The maximum absolute atomic E-state index is 9.86. The normalized spacial score (nSPS) is 11.9. The number of rotatable bonds is 4. The Morgan fingerprint density at radius 1 is 1.37 bits per heavy atom. The van der Waals surface area contributed by atoms with Crippen LogP contribution in [0.2, 0.25) is 0 Å². The molecule has 1 aromatic heterocycles. The van der Waals surface area contributed by atoms with E-state index in [1.165, 1.54) is 0 Å². The average Bonchev–Trinajstić information content (AvgIpc) is 2.69. The highest BCUT2D eigenvalue weighted by molar-refractivity contribution is 5.87. The fourth-order valence-electron chi connectivity index (χ4n) is 2.17. The SMILES string of the molecule is C=C(/C=C\C=C/C)Cn1c(C)cc2c(O)cccc21. The van der Waals surface area contributed by atoms with Crippen LogP contribution in [0.1, 0.15) is 12.6 Å². The van der Waals surface area contributed by atoms with E-state index in [4.69, 9.17) is 0 Å². The molecule has 19 heavy (non-hydrogen) atoms. The number of phenols is 1. The Balaban J connectivity index is 2.33. The molecule has 98 valence electrons. The molecular formula is C17H19NO. The number of hydrogen-bond donors (Lipinski definition) is 1. The number of hydrogen-bond acceptors (Lipinski definition) is 1. The fraction of sp³-hybridized carbons (Fsp3) is 0.176. The average molecular weight is 253 g/mol. The number of nitrogens with zero attached hydrogens (tertiary/aromatic N) is 1. The molecule has 0 aliphatic heterocycles. The largest absolute Gasteiger partial charge is 0.507 e. The van der Waals surface area contributed by atoms with Crippen LogP contribution in [0.4, 0.5) is 0 Å². The second kappa shape index (κ2) is 5.61. The van der Waals surface area contributed by atoms with E-state index < -0.39 is 0 Å². The number of aryl methyl sites for hydroxylation is 1. The molecule has 0 aliphatic rings. The van der Waals surface area contributed by atoms with Crippen LogP contribution in [0, 0.1) is 6.92 Å². The molecule has 2 nitrogen and oxygen atoms in total. The molecule has 0 aliphatic carbocycles. The van der Waals surface area contributed by atoms with E-state index in [0.717, 1.165) is 28.7 Å². The molecule has 2 heteroatoms. The second-order valence-corrected chi connectivity index (χ2v) is 4.62. The summed E-state index contributed by atoms with van der Waals surface area (Å²) in [5, 5.41) is 10.8. The van der Waals surface area contributed by atoms with E-state index >= 15 is 0 Å². The van der Waals surface area contributed by atoms with Gasteiger partial charge in [-0.3, -0.25) is 0 Å². The van der Waals surface area contributed by atoms with Gasteiger partial charge in [-0.1, -0.05) is 36.9 Å². The molecule has 0 saturated heterocycles. The molecule has 0 atom stereocenters. The van der Waals surface area contributed by atoms with Gasteiger partial charge in [-0.15, -0.1) is 0 Å². The quantitative estimate of drug-likeness (QED) is 0.805. The van der Waals surface area contributed by atoms with Gasteiger partial charge in [-0.05, 0) is 37.6 Å². The van der Waals surface area contributed by atoms with Crippen molar-refractivity contribution in [3.63, 3.8) is 0 Å². The summed E-state index contributed by atoms with van der Waals surface area (Å²) in [6.45, 7) is 8.83. The zero-order chi connectivity index (χ0) is 13.8. The third kappa shape index (κ3) is 2.79. The van der Waals surface area contributed by atoms with E-state index in [-0.39, 0.29) is 0 Å². The predicted molar refractivity (Wildman–Crippen MR) is 81.4 cm³/mol. The molecule has 1 N–H and O–H groups in total. The monoisotopic (exact) mass is 253 g/mol. The number of aromatic hydroxyl groups is 1. The van der Waals surface area contributed by atoms with E-state index in [1.54, 1.807) is 6.07 Å². The summed E-state index contributed by atoms with van der Waals surface area (Å²) in [7, 11) is 0.